The second-order valence-electron chi connectivity index (χ2n) is 7.41. The summed E-state index contributed by atoms with van der Waals surface area (Å²) in [7, 11) is 6.17. The fourth-order valence-electron chi connectivity index (χ4n) is 3.63. The molecule has 0 unspecified atom stereocenters. The van der Waals surface area contributed by atoms with Crippen LogP contribution in [0.1, 0.15) is 20.9 Å². The van der Waals surface area contributed by atoms with Crippen LogP contribution < -0.4 is 9.80 Å². The summed E-state index contributed by atoms with van der Waals surface area (Å²) in [5.74, 6) is 1.85. The van der Waals surface area contributed by atoms with E-state index in [0.717, 1.165) is 60.5 Å². The molecule has 144 valence electrons. The standard InChI is InChI=1S/C19H26N6OS/c1-22(2)17-14-13-25(18(26)16-5-4-12-27-16)7-6-15(14)20-19(21-17)24-10-8-23(3)9-11-24/h4-5,12H,6-11,13H2,1-3H3. The van der Waals surface area contributed by atoms with Crippen LogP contribution in [0, 0.1) is 0 Å². The fraction of sp³-hybridized carbons (Fsp3) is 0.526. The summed E-state index contributed by atoms with van der Waals surface area (Å²) in [6.07, 6.45) is 0.774. The topological polar surface area (TPSA) is 55.8 Å². The van der Waals surface area contributed by atoms with Crippen molar-refractivity contribution in [2.75, 3.05) is 63.7 Å². The minimum Gasteiger partial charge on any atom is -0.362 e. The van der Waals surface area contributed by atoms with Crippen molar-refractivity contribution in [2.24, 2.45) is 0 Å². The smallest absolute Gasteiger partial charge is 0.264 e. The van der Waals surface area contributed by atoms with E-state index in [2.05, 4.69) is 16.8 Å². The van der Waals surface area contributed by atoms with E-state index in [0.29, 0.717) is 13.1 Å². The van der Waals surface area contributed by atoms with Crippen molar-refractivity contribution in [3.8, 4) is 0 Å². The highest BCUT2D eigenvalue weighted by atomic mass is 32.1. The first kappa shape index (κ1) is 18.2. The third-order valence-corrected chi connectivity index (χ3v) is 6.11. The molecule has 7 nitrogen and oxygen atoms in total. The van der Waals surface area contributed by atoms with Gasteiger partial charge in [-0.2, -0.15) is 4.98 Å². The Morgan fingerprint density at radius 3 is 2.59 bits per heavy atom. The lowest BCUT2D eigenvalue weighted by Crippen LogP contribution is -2.45. The van der Waals surface area contributed by atoms with Crippen LogP contribution in [0.25, 0.3) is 0 Å². The fourth-order valence-corrected chi connectivity index (χ4v) is 4.32. The van der Waals surface area contributed by atoms with Crippen LogP contribution in [0.4, 0.5) is 11.8 Å². The minimum absolute atomic E-state index is 0.100. The molecule has 0 bridgehead atoms. The van der Waals surface area contributed by atoms with Crippen LogP contribution in [-0.4, -0.2) is 79.5 Å². The number of fused-ring (bicyclic) bond motifs is 1. The zero-order valence-electron chi connectivity index (χ0n) is 16.2. The highest BCUT2D eigenvalue weighted by Crippen LogP contribution is 2.29. The third-order valence-electron chi connectivity index (χ3n) is 5.26. The lowest BCUT2D eigenvalue weighted by molar-refractivity contribution is 0.0738. The number of amides is 1. The molecular weight excluding hydrogens is 360 g/mol. The minimum atomic E-state index is 0.100. The van der Waals surface area contributed by atoms with Gasteiger partial charge in [0.05, 0.1) is 17.1 Å². The molecule has 0 spiro atoms. The van der Waals surface area contributed by atoms with Crippen molar-refractivity contribution in [3.63, 3.8) is 0 Å². The van der Waals surface area contributed by atoms with E-state index in [4.69, 9.17) is 9.97 Å². The number of aromatic nitrogens is 2. The van der Waals surface area contributed by atoms with Crippen molar-refractivity contribution in [3.05, 3.63) is 33.6 Å². The average molecular weight is 387 g/mol. The Morgan fingerprint density at radius 2 is 1.93 bits per heavy atom. The maximum absolute atomic E-state index is 12.8. The Kier molecular flexibility index (Phi) is 5.01. The summed E-state index contributed by atoms with van der Waals surface area (Å²) in [6, 6.07) is 3.81. The lowest BCUT2D eigenvalue weighted by atomic mass is 10.1. The van der Waals surface area contributed by atoms with E-state index in [1.165, 1.54) is 11.3 Å². The Balaban J connectivity index is 1.62. The number of hydrogen-bond acceptors (Lipinski definition) is 7. The SMILES string of the molecule is CN1CCN(c2nc3c(c(N(C)C)n2)CN(C(=O)c2cccs2)CC3)CC1. The molecule has 2 aliphatic rings. The lowest BCUT2D eigenvalue weighted by Gasteiger charge is -2.35. The Hall–Kier alpha value is -2.19. The van der Waals surface area contributed by atoms with Gasteiger partial charge in [0.2, 0.25) is 5.95 Å². The largest absolute Gasteiger partial charge is 0.362 e. The molecule has 4 rings (SSSR count). The molecule has 4 heterocycles. The van der Waals surface area contributed by atoms with Crippen LogP contribution in [0.3, 0.4) is 0 Å². The molecule has 27 heavy (non-hydrogen) atoms. The number of piperazine rings is 1. The molecule has 2 aliphatic heterocycles. The second kappa shape index (κ2) is 7.44. The molecule has 0 atom stereocenters. The van der Waals surface area contributed by atoms with Crippen molar-refractivity contribution >= 4 is 29.0 Å². The van der Waals surface area contributed by atoms with Gasteiger partial charge in [0, 0.05) is 58.8 Å². The van der Waals surface area contributed by atoms with Crippen LogP contribution in [-0.2, 0) is 13.0 Å². The Bertz CT molecular complexity index is 814. The van der Waals surface area contributed by atoms with Gasteiger partial charge in [0.25, 0.3) is 5.91 Å². The van der Waals surface area contributed by atoms with Gasteiger partial charge in [-0.15, -0.1) is 11.3 Å². The first-order valence-electron chi connectivity index (χ1n) is 9.36. The van der Waals surface area contributed by atoms with Gasteiger partial charge in [-0.05, 0) is 18.5 Å². The van der Waals surface area contributed by atoms with Crippen molar-refractivity contribution in [1.29, 1.82) is 0 Å². The van der Waals surface area contributed by atoms with Gasteiger partial charge in [-0.3, -0.25) is 4.79 Å². The average Bonchev–Trinajstić information content (AvgIpc) is 3.21. The third kappa shape index (κ3) is 3.64. The zero-order chi connectivity index (χ0) is 19.0. The summed E-state index contributed by atoms with van der Waals surface area (Å²) >= 11 is 1.49. The highest BCUT2D eigenvalue weighted by molar-refractivity contribution is 7.12. The number of likely N-dealkylation sites (N-methyl/N-ethyl adjacent to an activating group) is 1. The highest BCUT2D eigenvalue weighted by Gasteiger charge is 2.28. The van der Waals surface area contributed by atoms with Crippen molar-refractivity contribution in [1.82, 2.24) is 19.8 Å². The predicted molar refractivity (Wildman–Crippen MR) is 109 cm³/mol. The molecular formula is C19H26N6OS. The monoisotopic (exact) mass is 386 g/mol. The number of carbonyl (C=O) groups is 1. The van der Waals surface area contributed by atoms with Gasteiger partial charge in [0.1, 0.15) is 5.82 Å². The van der Waals surface area contributed by atoms with E-state index in [1.807, 2.05) is 41.4 Å². The molecule has 0 aromatic carbocycles. The van der Waals surface area contributed by atoms with Gasteiger partial charge in [-0.1, -0.05) is 6.07 Å². The van der Waals surface area contributed by atoms with Crippen LogP contribution >= 0.6 is 11.3 Å². The number of nitrogens with zero attached hydrogens (tertiary/aromatic N) is 6. The zero-order valence-corrected chi connectivity index (χ0v) is 17.0. The first-order valence-corrected chi connectivity index (χ1v) is 10.2. The van der Waals surface area contributed by atoms with Gasteiger partial charge < -0.3 is 19.6 Å². The van der Waals surface area contributed by atoms with Crippen LogP contribution in [0.2, 0.25) is 0 Å². The molecule has 1 saturated heterocycles. The number of rotatable bonds is 3. The van der Waals surface area contributed by atoms with Crippen molar-refractivity contribution in [2.45, 2.75) is 13.0 Å². The summed E-state index contributed by atoms with van der Waals surface area (Å²) in [5, 5.41) is 1.95. The maximum Gasteiger partial charge on any atom is 0.264 e. The normalized spacial score (nSPS) is 17.7. The molecule has 0 radical (unpaired) electrons. The molecule has 1 amide bonds. The van der Waals surface area contributed by atoms with E-state index in [9.17, 15) is 4.79 Å². The van der Waals surface area contributed by atoms with E-state index >= 15 is 0 Å². The molecule has 2 aromatic rings. The van der Waals surface area contributed by atoms with Gasteiger partial charge in [0.15, 0.2) is 0 Å². The van der Waals surface area contributed by atoms with Crippen LogP contribution in [0.15, 0.2) is 17.5 Å². The molecule has 1 fully saturated rings. The number of anilines is 2. The molecule has 0 N–H and O–H groups in total. The first-order chi connectivity index (χ1) is 13.0. The van der Waals surface area contributed by atoms with E-state index < -0.39 is 0 Å². The maximum atomic E-state index is 12.8. The summed E-state index contributed by atoms with van der Waals surface area (Å²) in [6.45, 7) is 5.23. The van der Waals surface area contributed by atoms with Crippen LogP contribution in [0.5, 0.6) is 0 Å². The number of thiophene rings is 1. The molecule has 2 aromatic heterocycles. The number of carbonyl (C=O) groups excluding carboxylic acids is 1. The van der Waals surface area contributed by atoms with E-state index in [-0.39, 0.29) is 5.91 Å². The molecule has 8 heteroatoms. The Labute approximate surface area is 164 Å². The van der Waals surface area contributed by atoms with Gasteiger partial charge in [-0.25, -0.2) is 4.98 Å². The summed E-state index contributed by atoms with van der Waals surface area (Å²) in [5.41, 5.74) is 2.16. The number of hydrogen-bond donors (Lipinski definition) is 0. The van der Waals surface area contributed by atoms with E-state index in [1.54, 1.807) is 0 Å². The Morgan fingerprint density at radius 1 is 1.15 bits per heavy atom. The van der Waals surface area contributed by atoms with Crippen molar-refractivity contribution < 1.29 is 4.79 Å². The van der Waals surface area contributed by atoms with Gasteiger partial charge >= 0.3 is 0 Å². The second-order valence-corrected chi connectivity index (χ2v) is 8.36. The molecule has 0 aliphatic carbocycles. The summed E-state index contributed by atoms with van der Waals surface area (Å²) in [4.78, 5) is 31.9. The predicted octanol–water partition coefficient (Wildman–Crippen LogP) is 1.55. The quantitative estimate of drug-likeness (QED) is 0.798. The molecule has 0 saturated carbocycles. The summed E-state index contributed by atoms with van der Waals surface area (Å²) < 4.78 is 0.